The van der Waals surface area contributed by atoms with Crippen LogP contribution in [0.4, 0.5) is 5.69 Å². The molecule has 0 bridgehead atoms. The molecule has 0 spiro atoms. The first-order valence-corrected chi connectivity index (χ1v) is 6.49. The Morgan fingerprint density at radius 1 is 1.14 bits per heavy atom. The number of nitrogens with zero attached hydrogens (tertiary/aromatic N) is 2. The van der Waals surface area contributed by atoms with Gasteiger partial charge in [0, 0.05) is 28.9 Å². The zero-order valence-corrected chi connectivity index (χ0v) is 11.4. The fourth-order valence-corrected chi connectivity index (χ4v) is 2.50. The van der Waals surface area contributed by atoms with Gasteiger partial charge in [-0.2, -0.15) is 0 Å². The van der Waals surface area contributed by atoms with Crippen molar-refractivity contribution in [3.8, 4) is 5.69 Å². The molecule has 2 aromatic carbocycles. The maximum atomic E-state index is 11.2. The van der Waals surface area contributed by atoms with E-state index in [0.29, 0.717) is 11.4 Å². The molecule has 0 amide bonds. The van der Waals surface area contributed by atoms with Gasteiger partial charge in [0.2, 0.25) is 0 Å². The molecule has 0 aliphatic heterocycles. The van der Waals surface area contributed by atoms with Crippen LogP contribution in [0.1, 0.15) is 12.5 Å². The third-order valence-electron chi connectivity index (χ3n) is 3.45. The topological polar surface area (TPSA) is 71.9 Å². The predicted octanol–water partition coefficient (Wildman–Crippen LogP) is 3.93. The first-order valence-electron chi connectivity index (χ1n) is 6.49. The molecule has 3 rings (SSSR count). The Morgan fingerprint density at radius 2 is 1.81 bits per heavy atom. The number of aromatic nitrogens is 1. The molecule has 1 heterocycles. The van der Waals surface area contributed by atoms with E-state index >= 15 is 0 Å². The molecular weight excluding hydrogens is 266 g/mol. The monoisotopic (exact) mass is 279 g/mol. The van der Waals surface area contributed by atoms with E-state index in [1.165, 1.54) is 6.07 Å². The number of hydrogen-bond donors (Lipinski definition) is 1. The van der Waals surface area contributed by atoms with Gasteiger partial charge in [-0.05, 0) is 19.1 Å². The molecule has 5 heteroatoms. The smallest absolute Gasteiger partial charge is 0.293 e. The highest BCUT2D eigenvalue weighted by Gasteiger charge is 2.18. The lowest BCUT2D eigenvalue weighted by Crippen LogP contribution is -1.98. The normalized spacial score (nSPS) is 10.7. The highest BCUT2D eigenvalue weighted by Crippen LogP contribution is 2.29. The largest absolute Gasteiger partial charge is 0.310 e. The fourth-order valence-electron chi connectivity index (χ4n) is 2.50. The highest BCUT2D eigenvalue weighted by molar-refractivity contribution is 6.08. The number of hydrogen-bond acceptors (Lipinski definition) is 3. The number of rotatable bonds is 3. The number of nitrogens with one attached hydrogen (secondary N) is 1. The summed E-state index contributed by atoms with van der Waals surface area (Å²) in [5.74, 6) is 0. The van der Waals surface area contributed by atoms with Gasteiger partial charge in [0.25, 0.3) is 5.69 Å². The molecule has 0 radical (unpaired) electrons. The lowest BCUT2D eigenvalue weighted by molar-refractivity contribution is -0.384. The zero-order valence-electron chi connectivity index (χ0n) is 11.4. The van der Waals surface area contributed by atoms with E-state index in [-0.39, 0.29) is 10.6 Å². The molecule has 1 N–H and O–H groups in total. The Hall–Kier alpha value is -2.95. The van der Waals surface area contributed by atoms with Gasteiger partial charge < -0.3 is 9.98 Å². The quantitative estimate of drug-likeness (QED) is 0.448. The van der Waals surface area contributed by atoms with Crippen LogP contribution in [0.25, 0.3) is 16.6 Å². The van der Waals surface area contributed by atoms with Crippen molar-refractivity contribution in [2.24, 2.45) is 0 Å². The molecule has 3 aromatic rings. The SMILES string of the molecule is CC(=N)c1cn(-c2ccccc2[N+](=O)[O-])c2ccccc12. The van der Waals surface area contributed by atoms with E-state index in [1.54, 1.807) is 35.9 Å². The van der Waals surface area contributed by atoms with Crippen molar-refractivity contribution in [2.75, 3.05) is 0 Å². The van der Waals surface area contributed by atoms with Crippen molar-refractivity contribution in [1.29, 1.82) is 5.41 Å². The average molecular weight is 279 g/mol. The summed E-state index contributed by atoms with van der Waals surface area (Å²) in [6, 6.07) is 14.2. The van der Waals surface area contributed by atoms with Crippen LogP contribution in [0.3, 0.4) is 0 Å². The molecule has 0 aliphatic rings. The summed E-state index contributed by atoms with van der Waals surface area (Å²) in [6.07, 6.45) is 1.79. The van der Waals surface area contributed by atoms with Crippen molar-refractivity contribution in [2.45, 2.75) is 6.92 Å². The van der Waals surface area contributed by atoms with Crippen LogP contribution in [0.5, 0.6) is 0 Å². The van der Waals surface area contributed by atoms with E-state index in [1.807, 2.05) is 24.3 Å². The van der Waals surface area contributed by atoms with Crippen LogP contribution in [0, 0.1) is 15.5 Å². The lowest BCUT2D eigenvalue weighted by Gasteiger charge is -2.05. The summed E-state index contributed by atoms with van der Waals surface area (Å²) in [6.45, 7) is 1.71. The summed E-state index contributed by atoms with van der Waals surface area (Å²) in [5, 5.41) is 20.0. The van der Waals surface area contributed by atoms with E-state index in [4.69, 9.17) is 5.41 Å². The Morgan fingerprint density at radius 3 is 2.52 bits per heavy atom. The van der Waals surface area contributed by atoms with Crippen molar-refractivity contribution in [1.82, 2.24) is 4.57 Å². The third kappa shape index (κ3) is 2.08. The summed E-state index contributed by atoms with van der Waals surface area (Å²) >= 11 is 0. The van der Waals surface area contributed by atoms with E-state index in [9.17, 15) is 10.1 Å². The van der Waals surface area contributed by atoms with Crippen molar-refractivity contribution < 1.29 is 4.92 Å². The number of benzene rings is 2. The second-order valence-corrected chi connectivity index (χ2v) is 4.80. The van der Waals surface area contributed by atoms with E-state index < -0.39 is 0 Å². The Kier molecular flexibility index (Phi) is 3.02. The minimum absolute atomic E-state index is 0.0486. The molecule has 1 aromatic heterocycles. The van der Waals surface area contributed by atoms with E-state index in [2.05, 4.69) is 0 Å². The van der Waals surface area contributed by atoms with E-state index in [0.717, 1.165) is 16.5 Å². The van der Waals surface area contributed by atoms with Gasteiger partial charge in [-0.3, -0.25) is 10.1 Å². The number of para-hydroxylation sites is 3. The zero-order chi connectivity index (χ0) is 15.0. The van der Waals surface area contributed by atoms with Crippen molar-refractivity contribution in [3.05, 3.63) is 70.4 Å². The van der Waals surface area contributed by atoms with Crippen LogP contribution in [-0.2, 0) is 0 Å². The summed E-state index contributed by atoms with van der Waals surface area (Å²) in [4.78, 5) is 10.8. The van der Waals surface area contributed by atoms with Crippen molar-refractivity contribution >= 4 is 22.3 Å². The molecule has 0 unspecified atom stereocenters. The van der Waals surface area contributed by atoms with Gasteiger partial charge in [0.1, 0.15) is 5.69 Å². The van der Waals surface area contributed by atoms with Crippen LogP contribution >= 0.6 is 0 Å². The molecule has 5 nitrogen and oxygen atoms in total. The Bertz CT molecular complexity index is 865. The molecule has 0 saturated heterocycles. The van der Waals surface area contributed by atoms with Gasteiger partial charge in [0.15, 0.2) is 0 Å². The molecule has 104 valence electrons. The minimum Gasteiger partial charge on any atom is -0.310 e. The van der Waals surface area contributed by atoms with Crippen molar-refractivity contribution in [3.63, 3.8) is 0 Å². The maximum absolute atomic E-state index is 11.2. The first-order chi connectivity index (χ1) is 10.1. The molecule has 0 aliphatic carbocycles. The van der Waals surface area contributed by atoms with Gasteiger partial charge in [-0.15, -0.1) is 0 Å². The van der Waals surface area contributed by atoms with Gasteiger partial charge in [0.05, 0.1) is 10.4 Å². The summed E-state index contributed by atoms with van der Waals surface area (Å²) < 4.78 is 1.78. The second kappa shape index (κ2) is 4.86. The lowest BCUT2D eigenvalue weighted by atomic mass is 10.1. The number of nitro groups is 1. The maximum Gasteiger partial charge on any atom is 0.293 e. The predicted molar refractivity (Wildman–Crippen MR) is 82.4 cm³/mol. The Balaban J connectivity index is 2.37. The second-order valence-electron chi connectivity index (χ2n) is 4.80. The molecule has 0 atom stereocenters. The standard InChI is InChI=1S/C16H13N3O2/c1-11(17)13-10-18(14-7-3-2-6-12(13)14)15-8-4-5-9-16(15)19(20)21/h2-10,17H,1H3. The van der Waals surface area contributed by atoms with Gasteiger partial charge in [-0.1, -0.05) is 30.3 Å². The number of nitro benzene ring substituents is 1. The highest BCUT2D eigenvalue weighted by atomic mass is 16.6. The van der Waals surface area contributed by atoms with Gasteiger partial charge in [-0.25, -0.2) is 0 Å². The average Bonchev–Trinajstić information content (AvgIpc) is 2.87. The van der Waals surface area contributed by atoms with Crippen LogP contribution in [0.2, 0.25) is 0 Å². The van der Waals surface area contributed by atoms with Crippen LogP contribution in [0.15, 0.2) is 54.7 Å². The molecular formula is C16H13N3O2. The van der Waals surface area contributed by atoms with Crippen LogP contribution < -0.4 is 0 Å². The summed E-state index contributed by atoms with van der Waals surface area (Å²) in [7, 11) is 0. The van der Waals surface area contributed by atoms with Gasteiger partial charge >= 0.3 is 0 Å². The molecule has 21 heavy (non-hydrogen) atoms. The minimum atomic E-state index is -0.388. The Labute approximate surface area is 121 Å². The molecule has 0 saturated carbocycles. The number of fused-ring (bicyclic) bond motifs is 1. The molecule has 0 fully saturated rings. The third-order valence-corrected chi connectivity index (χ3v) is 3.45. The summed E-state index contributed by atoms with van der Waals surface area (Å²) in [5.41, 5.74) is 2.62. The van der Waals surface area contributed by atoms with Crippen LogP contribution in [-0.4, -0.2) is 15.2 Å². The first kappa shape index (κ1) is 13.1. The fraction of sp³-hybridized carbons (Fsp3) is 0.0625.